The molecule has 2 aromatic rings. The molecule has 0 radical (unpaired) electrons. The minimum absolute atomic E-state index is 0.0519. The predicted molar refractivity (Wildman–Crippen MR) is 125 cm³/mol. The molecule has 164 valence electrons. The molecule has 1 N–H and O–H groups in total. The molecular weight excluding hydrogens is 384 g/mol. The van der Waals surface area contributed by atoms with E-state index in [1.807, 2.05) is 30.3 Å². The molecule has 5 heteroatoms. The Morgan fingerprint density at radius 1 is 0.903 bits per heavy atom. The van der Waals surface area contributed by atoms with Crippen molar-refractivity contribution in [2.75, 3.05) is 57.3 Å². The lowest BCUT2D eigenvalue weighted by Gasteiger charge is -2.51. The zero-order chi connectivity index (χ0) is 21.0. The third-order valence-corrected chi connectivity index (χ3v) is 7.53. The molecule has 31 heavy (non-hydrogen) atoms. The number of nitrogens with zero attached hydrogens (tertiary/aromatic N) is 3. The third kappa shape index (κ3) is 4.78. The van der Waals surface area contributed by atoms with Gasteiger partial charge in [0.1, 0.15) is 0 Å². The molecule has 0 aromatic heterocycles. The summed E-state index contributed by atoms with van der Waals surface area (Å²) in [6, 6.07) is 20.9. The van der Waals surface area contributed by atoms with Crippen molar-refractivity contribution in [1.82, 2.24) is 15.1 Å². The largest absolute Gasteiger partial charge is 0.369 e. The molecule has 6 rings (SSSR count). The Bertz CT molecular complexity index is 850. The topological polar surface area (TPSA) is 38.8 Å². The molecule has 0 saturated carbocycles. The second-order valence-electron chi connectivity index (χ2n) is 9.39. The molecule has 4 atom stereocenters. The van der Waals surface area contributed by atoms with E-state index in [-0.39, 0.29) is 5.91 Å². The lowest BCUT2D eigenvalue weighted by atomic mass is 9.75. The molecule has 4 saturated heterocycles. The van der Waals surface area contributed by atoms with Crippen LogP contribution < -0.4 is 10.2 Å². The molecule has 2 aromatic carbocycles. The standard InChI is InChI=1S/C26H34N4O/c31-26(21-7-3-1-4-8-21)27-18-25-17-22-11-12-30(25)20-23(22)19-28-13-15-29(16-14-28)24-9-5-2-6-10-24/h1-10,22-23,25H,11-20H2,(H,27,31)/t22-,23-,25+/m0/s1. The van der Waals surface area contributed by atoms with Crippen molar-refractivity contribution in [3.8, 4) is 0 Å². The fraction of sp³-hybridized carbons (Fsp3) is 0.500. The maximum absolute atomic E-state index is 12.4. The van der Waals surface area contributed by atoms with E-state index in [0.29, 0.717) is 6.04 Å². The van der Waals surface area contributed by atoms with Gasteiger partial charge in [0.05, 0.1) is 0 Å². The maximum atomic E-state index is 12.4. The van der Waals surface area contributed by atoms with Gasteiger partial charge in [0.15, 0.2) is 0 Å². The van der Waals surface area contributed by atoms with Gasteiger partial charge in [-0.2, -0.15) is 0 Å². The molecule has 1 unspecified atom stereocenters. The van der Waals surface area contributed by atoms with Gasteiger partial charge in [-0.3, -0.25) is 14.6 Å². The van der Waals surface area contributed by atoms with Gasteiger partial charge in [-0.25, -0.2) is 0 Å². The quantitative estimate of drug-likeness (QED) is 0.783. The van der Waals surface area contributed by atoms with E-state index in [2.05, 4.69) is 50.3 Å². The number of rotatable bonds is 6. The molecule has 4 heterocycles. The Hall–Kier alpha value is -2.37. The van der Waals surface area contributed by atoms with Crippen LogP contribution in [-0.2, 0) is 0 Å². The van der Waals surface area contributed by atoms with Crippen LogP contribution in [0.15, 0.2) is 60.7 Å². The number of nitrogens with one attached hydrogen (secondary N) is 1. The number of hydrogen-bond acceptors (Lipinski definition) is 4. The van der Waals surface area contributed by atoms with E-state index >= 15 is 0 Å². The predicted octanol–water partition coefficient (Wildman–Crippen LogP) is 2.95. The number of piperazine rings is 1. The molecule has 4 aliphatic heterocycles. The maximum Gasteiger partial charge on any atom is 0.251 e. The van der Waals surface area contributed by atoms with Crippen LogP contribution in [0.1, 0.15) is 23.2 Å². The van der Waals surface area contributed by atoms with Gasteiger partial charge in [0.25, 0.3) is 5.91 Å². The lowest BCUT2D eigenvalue weighted by Crippen LogP contribution is -2.59. The summed E-state index contributed by atoms with van der Waals surface area (Å²) in [5.41, 5.74) is 2.11. The number of hydrogen-bond donors (Lipinski definition) is 1. The molecule has 0 spiro atoms. The van der Waals surface area contributed by atoms with E-state index in [4.69, 9.17) is 0 Å². The highest BCUT2D eigenvalue weighted by Gasteiger charge is 2.40. The van der Waals surface area contributed by atoms with E-state index in [1.54, 1.807) is 0 Å². The number of fused-ring (bicyclic) bond motifs is 3. The summed E-state index contributed by atoms with van der Waals surface area (Å²) in [4.78, 5) is 20.2. The lowest BCUT2D eigenvalue weighted by molar-refractivity contribution is -0.0120. The van der Waals surface area contributed by atoms with Gasteiger partial charge in [-0.1, -0.05) is 36.4 Å². The number of amides is 1. The number of piperidine rings is 3. The van der Waals surface area contributed by atoms with Crippen molar-refractivity contribution < 1.29 is 4.79 Å². The van der Waals surface area contributed by atoms with Crippen LogP contribution >= 0.6 is 0 Å². The van der Waals surface area contributed by atoms with Crippen molar-refractivity contribution >= 4 is 11.6 Å². The van der Waals surface area contributed by atoms with Gasteiger partial charge >= 0.3 is 0 Å². The normalized spacial score (nSPS) is 28.5. The highest BCUT2D eigenvalue weighted by atomic mass is 16.1. The second-order valence-corrected chi connectivity index (χ2v) is 9.39. The van der Waals surface area contributed by atoms with Gasteiger partial charge in [0, 0.05) is 63.1 Å². The van der Waals surface area contributed by atoms with Crippen LogP contribution in [0.5, 0.6) is 0 Å². The Morgan fingerprint density at radius 2 is 1.61 bits per heavy atom. The number of anilines is 1. The van der Waals surface area contributed by atoms with Gasteiger partial charge in [-0.05, 0) is 55.5 Å². The van der Waals surface area contributed by atoms with Crippen LogP contribution in [0.25, 0.3) is 0 Å². The molecular formula is C26H34N4O. The van der Waals surface area contributed by atoms with Crippen molar-refractivity contribution in [1.29, 1.82) is 0 Å². The summed E-state index contributed by atoms with van der Waals surface area (Å²) in [5.74, 6) is 1.63. The summed E-state index contributed by atoms with van der Waals surface area (Å²) < 4.78 is 0. The Kier molecular flexibility index (Phi) is 6.23. The monoisotopic (exact) mass is 418 g/mol. The van der Waals surface area contributed by atoms with Crippen LogP contribution in [-0.4, -0.2) is 74.1 Å². The average molecular weight is 419 g/mol. The first kappa shape index (κ1) is 20.5. The summed E-state index contributed by atoms with van der Waals surface area (Å²) in [7, 11) is 0. The molecule has 2 bridgehead atoms. The van der Waals surface area contributed by atoms with Gasteiger partial charge in [0.2, 0.25) is 0 Å². The summed E-state index contributed by atoms with van der Waals surface area (Å²) in [5, 5.41) is 3.17. The van der Waals surface area contributed by atoms with Crippen molar-refractivity contribution in [3.05, 3.63) is 66.2 Å². The van der Waals surface area contributed by atoms with Crippen molar-refractivity contribution in [2.24, 2.45) is 11.8 Å². The van der Waals surface area contributed by atoms with Crippen LogP contribution in [0.2, 0.25) is 0 Å². The van der Waals surface area contributed by atoms with E-state index in [0.717, 1.165) is 50.1 Å². The second kappa shape index (κ2) is 9.41. The smallest absolute Gasteiger partial charge is 0.251 e. The van der Waals surface area contributed by atoms with E-state index in [1.165, 1.54) is 38.2 Å². The van der Waals surface area contributed by atoms with E-state index < -0.39 is 0 Å². The minimum atomic E-state index is 0.0519. The Labute approximate surface area is 186 Å². The van der Waals surface area contributed by atoms with E-state index in [9.17, 15) is 4.79 Å². The van der Waals surface area contributed by atoms with Crippen molar-refractivity contribution in [3.63, 3.8) is 0 Å². The van der Waals surface area contributed by atoms with Crippen LogP contribution in [0.3, 0.4) is 0 Å². The molecule has 4 fully saturated rings. The Morgan fingerprint density at radius 3 is 2.29 bits per heavy atom. The molecule has 0 aliphatic carbocycles. The number of carbonyl (C=O) groups is 1. The molecule has 5 nitrogen and oxygen atoms in total. The Balaban J connectivity index is 1.09. The third-order valence-electron chi connectivity index (χ3n) is 7.53. The summed E-state index contributed by atoms with van der Waals surface area (Å²) in [6.45, 7) is 8.95. The van der Waals surface area contributed by atoms with Gasteiger partial charge in [-0.15, -0.1) is 0 Å². The van der Waals surface area contributed by atoms with Crippen molar-refractivity contribution in [2.45, 2.75) is 18.9 Å². The molecule has 1 amide bonds. The zero-order valence-corrected chi connectivity index (χ0v) is 18.3. The SMILES string of the molecule is O=C(NC[C@H]1C[C@@H]2CCN1C[C@@H]2CN1CCN(c2ccccc2)CC1)c1ccccc1. The minimum Gasteiger partial charge on any atom is -0.369 e. The summed E-state index contributed by atoms with van der Waals surface area (Å²) in [6.07, 6.45) is 2.54. The molecule has 4 aliphatic rings. The zero-order valence-electron chi connectivity index (χ0n) is 18.3. The fourth-order valence-corrected chi connectivity index (χ4v) is 5.73. The van der Waals surface area contributed by atoms with Crippen LogP contribution in [0.4, 0.5) is 5.69 Å². The average Bonchev–Trinajstić information content (AvgIpc) is 2.85. The fourth-order valence-electron chi connectivity index (χ4n) is 5.73. The van der Waals surface area contributed by atoms with Crippen LogP contribution in [0, 0.1) is 11.8 Å². The van der Waals surface area contributed by atoms with Gasteiger partial charge < -0.3 is 10.2 Å². The summed E-state index contributed by atoms with van der Waals surface area (Å²) >= 11 is 0. The first-order valence-electron chi connectivity index (χ1n) is 11.9. The number of benzene rings is 2. The first-order valence-corrected chi connectivity index (χ1v) is 11.9. The number of para-hydroxylation sites is 1. The number of carbonyl (C=O) groups excluding carboxylic acids is 1. The highest BCUT2D eigenvalue weighted by molar-refractivity contribution is 5.94. The first-order chi connectivity index (χ1) is 15.3. The highest BCUT2D eigenvalue weighted by Crippen LogP contribution is 2.36.